The van der Waals surface area contributed by atoms with Crippen molar-refractivity contribution in [2.24, 2.45) is 10.9 Å². The first kappa shape index (κ1) is 8.48. The molecule has 0 unspecified atom stereocenters. The van der Waals surface area contributed by atoms with E-state index in [1.165, 1.54) is 6.20 Å². The Kier molecular flexibility index (Phi) is 2.60. The van der Waals surface area contributed by atoms with Gasteiger partial charge in [-0.15, -0.1) is 0 Å². The van der Waals surface area contributed by atoms with Crippen LogP contribution in [0, 0.1) is 0 Å². The fourth-order valence-electron chi connectivity index (χ4n) is 0.844. The highest BCUT2D eigenvalue weighted by Crippen LogP contribution is 2.03. The van der Waals surface area contributed by atoms with Crippen LogP contribution in [0.15, 0.2) is 23.5 Å². The number of nitrogens with zero attached hydrogens (tertiary/aromatic N) is 2. The van der Waals surface area contributed by atoms with Gasteiger partial charge in [0.15, 0.2) is 5.84 Å². The van der Waals surface area contributed by atoms with Gasteiger partial charge in [0, 0.05) is 11.8 Å². The number of hydrogen-bond donors (Lipinski definition) is 3. The molecule has 0 saturated carbocycles. The maximum absolute atomic E-state index is 8.83. The standard InChI is InChI=1S/C7H9N3O2/c8-7(10-12)6-5(4-11)2-1-3-9-6/h1-3,11-12H,4H2,(H2,8,10). The molecule has 64 valence electrons. The lowest BCUT2D eigenvalue weighted by molar-refractivity contribution is 0.280. The lowest BCUT2D eigenvalue weighted by atomic mass is 10.2. The minimum Gasteiger partial charge on any atom is -0.409 e. The molecule has 0 aliphatic rings. The molecule has 5 heteroatoms. The van der Waals surface area contributed by atoms with Crippen molar-refractivity contribution >= 4 is 5.84 Å². The van der Waals surface area contributed by atoms with Crippen LogP contribution in [0.4, 0.5) is 0 Å². The van der Waals surface area contributed by atoms with Gasteiger partial charge in [-0.25, -0.2) is 0 Å². The van der Waals surface area contributed by atoms with E-state index in [-0.39, 0.29) is 12.4 Å². The first-order valence-corrected chi connectivity index (χ1v) is 3.32. The lowest BCUT2D eigenvalue weighted by Crippen LogP contribution is -2.17. The molecular weight excluding hydrogens is 158 g/mol. The van der Waals surface area contributed by atoms with Gasteiger partial charge in [-0.3, -0.25) is 4.98 Å². The van der Waals surface area contributed by atoms with E-state index in [2.05, 4.69) is 10.1 Å². The number of amidine groups is 1. The van der Waals surface area contributed by atoms with E-state index in [1.807, 2.05) is 0 Å². The molecule has 0 aromatic carbocycles. The Morgan fingerprint density at radius 1 is 1.67 bits per heavy atom. The second kappa shape index (κ2) is 3.68. The second-order valence-electron chi connectivity index (χ2n) is 2.15. The van der Waals surface area contributed by atoms with Crippen LogP contribution < -0.4 is 5.73 Å². The van der Waals surface area contributed by atoms with E-state index in [4.69, 9.17) is 16.0 Å². The van der Waals surface area contributed by atoms with E-state index in [0.717, 1.165) is 0 Å². The van der Waals surface area contributed by atoms with E-state index in [0.29, 0.717) is 11.3 Å². The Balaban J connectivity index is 3.13. The SMILES string of the molecule is NC(=NO)c1ncccc1CO. The molecule has 0 radical (unpaired) electrons. The quantitative estimate of drug-likeness (QED) is 0.243. The normalized spacial score (nSPS) is 11.6. The van der Waals surface area contributed by atoms with Crippen LogP contribution in [0.1, 0.15) is 11.3 Å². The monoisotopic (exact) mass is 167 g/mol. The van der Waals surface area contributed by atoms with E-state index in [1.54, 1.807) is 12.1 Å². The van der Waals surface area contributed by atoms with Gasteiger partial charge in [-0.1, -0.05) is 11.2 Å². The van der Waals surface area contributed by atoms with Crippen LogP contribution >= 0.6 is 0 Å². The predicted molar refractivity (Wildman–Crippen MR) is 42.7 cm³/mol. The Bertz CT molecular complexity index is 298. The zero-order valence-electron chi connectivity index (χ0n) is 6.31. The largest absolute Gasteiger partial charge is 0.409 e. The van der Waals surface area contributed by atoms with Gasteiger partial charge in [0.05, 0.1) is 6.61 Å². The molecule has 5 nitrogen and oxygen atoms in total. The zero-order valence-corrected chi connectivity index (χ0v) is 6.31. The molecule has 1 aromatic rings. The van der Waals surface area contributed by atoms with E-state index >= 15 is 0 Å². The predicted octanol–water partition coefficient (Wildman–Crippen LogP) is -0.332. The molecule has 0 bridgehead atoms. The summed E-state index contributed by atoms with van der Waals surface area (Å²) in [6.45, 7) is -0.181. The Morgan fingerprint density at radius 2 is 2.42 bits per heavy atom. The third kappa shape index (κ3) is 1.51. The van der Waals surface area contributed by atoms with Crippen LogP contribution in [0.2, 0.25) is 0 Å². The smallest absolute Gasteiger partial charge is 0.189 e. The number of pyridine rings is 1. The van der Waals surface area contributed by atoms with Gasteiger partial charge in [0.2, 0.25) is 0 Å². The molecule has 1 rings (SSSR count). The molecule has 0 fully saturated rings. The summed E-state index contributed by atoms with van der Waals surface area (Å²) in [5.41, 5.74) is 6.14. The van der Waals surface area contributed by atoms with E-state index in [9.17, 15) is 0 Å². The number of rotatable bonds is 2. The molecule has 0 atom stereocenters. The molecule has 4 N–H and O–H groups in total. The van der Waals surface area contributed by atoms with E-state index < -0.39 is 0 Å². The van der Waals surface area contributed by atoms with Crippen molar-refractivity contribution in [2.75, 3.05) is 0 Å². The van der Waals surface area contributed by atoms with Gasteiger partial charge in [0.25, 0.3) is 0 Å². The summed E-state index contributed by atoms with van der Waals surface area (Å²) in [6, 6.07) is 3.32. The Labute approximate surface area is 69.2 Å². The van der Waals surface area contributed by atoms with Crippen LogP contribution in [-0.2, 0) is 6.61 Å². The summed E-state index contributed by atoms with van der Waals surface area (Å²) in [5.74, 6) is -0.0975. The number of hydrogen-bond acceptors (Lipinski definition) is 4. The average Bonchev–Trinajstić information content (AvgIpc) is 2.16. The Morgan fingerprint density at radius 3 is 3.00 bits per heavy atom. The van der Waals surface area contributed by atoms with Crippen LogP contribution in [0.3, 0.4) is 0 Å². The van der Waals surface area contributed by atoms with Crippen LogP contribution in [0.25, 0.3) is 0 Å². The van der Waals surface area contributed by atoms with Crippen molar-refractivity contribution in [1.29, 1.82) is 0 Å². The second-order valence-corrected chi connectivity index (χ2v) is 2.15. The number of nitrogens with two attached hydrogens (primary N) is 1. The summed E-state index contributed by atoms with van der Waals surface area (Å²) in [6.07, 6.45) is 1.51. The highest BCUT2D eigenvalue weighted by atomic mass is 16.4. The van der Waals surface area contributed by atoms with Crippen molar-refractivity contribution in [2.45, 2.75) is 6.61 Å². The van der Waals surface area contributed by atoms with Gasteiger partial charge in [-0.2, -0.15) is 0 Å². The summed E-state index contributed by atoms with van der Waals surface area (Å²) in [5, 5.41) is 20.0. The Hall–Kier alpha value is -1.62. The minimum absolute atomic E-state index is 0.0975. The fourth-order valence-corrected chi connectivity index (χ4v) is 0.844. The van der Waals surface area contributed by atoms with Gasteiger partial charge in [-0.05, 0) is 6.07 Å². The number of aliphatic hydroxyl groups is 1. The fraction of sp³-hybridized carbons (Fsp3) is 0.143. The van der Waals surface area contributed by atoms with Crippen molar-refractivity contribution in [3.8, 4) is 0 Å². The maximum atomic E-state index is 8.83. The topological polar surface area (TPSA) is 91.7 Å². The number of aromatic nitrogens is 1. The molecule has 0 aliphatic heterocycles. The third-order valence-corrected chi connectivity index (χ3v) is 1.41. The van der Waals surface area contributed by atoms with Crippen molar-refractivity contribution in [3.05, 3.63) is 29.6 Å². The molecule has 1 heterocycles. The number of aliphatic hydroxyl groups excluding tert-OH is 1. The first-order chi connectivity index (χ1) is 5.79. The summed E-state index contributed by atoms with van der Waals surface area (Å²) in [4.78, 5) is 3.84. The highest BCUT2D eigenvalue weighted by Gasteiger charge is 2.05. The molecule has 0 aliphatic carbocycles. The number of oxime groups is 1. The van der Waals surface area contributed by atoms with Crippen molar-refractivity contribution < 1.29 is 10.3 Å². The zero-order chi connectivity index (χ0) is 8.97. The maximum Gasteiger partial charge on any atom is 0.189 e. The molecule has 12 heavy (non-hydrogen) atoms. The molecule has 0 amide bonds. The summed E-state index contributed by atoms with van der Waals surface area (Å²) < 4.78 is 0. The summed E-state index contributed by atoms with van der Waals surface area (Å²) >= 11 is 0. The van der Waals surface area contributed by atoms with Crippen LogP contribution in [0.5, 0.6) is 0 Å². The minimum atomic E-state index is -0.181. The lowest BCUT2D eigenvalue weighted by Gasteiger charge is -2.02. The van der Waals surface area contributed by atoms with Crippen molar-refractivity contribution in [3.63, 3.8) is 0 Å². The molecule has 0 saturated heterocycles. The highest BCUT2D eigenvalue weighted by molar-refractivity contribution is 5.96. The van der Waals surface area contributed by atoms with Crippen molar-refractivity contribution in [1.82, 2.24) is 4.98 Å². The van der Waals surface area contributed by atoms with Gasteiger partial charge in [0.1, 0.15) is 5.69 Å². The first-order valence-electron chi connectivity index (χ1n) is 3.32. The molecular formula is C7H9N3O2. The van der Waals surface area contributed by atoms with Gasteiger partial charge >= 0.3 is 0 Å². The van der Waals surface area contributed by atoms with Crippen LogP contribution in [-0.4, -0.2) is 21.1 Å². The molecule has 1 aromatic heterocycles. The third-order valence-electron chi connectivity index (χ3n) is 1.41. The summed E-state index contributed by atoms with van der Waals surface area (Å²) in [7, 11) is 0. The molecule has 0 spiro atoms. The average molecular weight is 167 g/mol. The van der Waals surface area contributed by atoms with Gasteiger partial charge < -0.3 is 16.0 Å².